The number of hydrogen-bond donors (Lipinski definition) is 2. The van der Waals surface area contributed by atoms with Crippen LogP contribution in [0, 0.1) is 11.8 Å². The van der Waals surface area contributed by atoms with Gasteiger partial charge in [0.1, 0.15) is 0 Å². The molecule has 0 bridgehead atoms. The molecule has 1 atom stereocenters. The van der Waals surface area contributed by atoms with E-state index in [1.165, 1.54) is 25.7 Å². The molecule has 0 spiro atoms. The van der Waals surface area contributed by atoms with Crippen LogP contribution >= 0.6 is 35.4 Å². The minimum atomic E-state index is -0.550. The first kappa shape index (κ1) is 14.4. The van der Waals surface area contributed by atoms with Crippen molar-refractivity contribution in [2.24, 2.45) is 17.6 Å². The van der Waals surface area contributed by atoms with Crippen molar-refractivity contribution in [3.8, 4) is 0 Å². The number of thiocarbonyl (C=S) groups is 1. The smallest absolute Gasteiger partial charge is 0.253 e. The van der Waals surface area contributed by atoms with Crippen molar-refractivity contribution >= 4 is 46.2 Å². The molecule has 3 N–H and O–H groups in total. The summed E-state index contributed by atoms with van der Waals surface area (Å²) in [5.41, 5.74) is 6.50. The minimum Gasteiger partial charge on any atom is -0.397 e. The van der Waals surface area contributed by atoms with E-state index in [-0.39, 0.29) is 22.7 Å². The normalized spacial score (nSPS) is 26.9. The van der Waals surface area contributed by atoms with Gasteiger partial charge in [-0.25, -0.2) is 0 Å². The maximum Gasteiger partial charge on any atom is 0.253 e. The molecule has 0 aromatic carbocycles. The van der Waals surface area contributed by atoms with E-state index < -0.39 is 5.38 Å². The molecule has 3 nitrogen and oxygen atoms in total. The minimum absolute atomic E-state index is 0.183. The Labute approximate surface area is 133 Å². The Balaban J connectivity index is 1.76. The van der Waals surface area contributed by atoms with Crippen molar-refractivity contribution in [2.75, 3.05) is 0 Å². The van der Waals surface area contributed by atoms with Gasteiger partial charge in [0.05, 0.1) is 26.5 Å². The Morgan fingerprint density at radius 2 is 1.90 bits per heavy atom. The van der Waals surface area contributed by atoms with Crippen LogP contribution in [0.15, 0.2) is 22.4 Å². The van der Waals surface area contributed by atoms with Crippen molar-refractivity contribution < 1.29 is 4.79 Å². The molecule has 0 saturated heterocycles. The lowest BCUT2D eigenvalue weighted by molar-refractivity contribution is -0.118. The van der Waals surface area contributed by atoms with Gasteiger partial charge in [-0.1, -0.05) is 23.8 Å². The number of alkyl halides is 1. The fourth-order valence-electron chi connectivity index (χ4n) is 2.64. The highest BCUT2D eigenvalue weighted by Gasteiger charge is 2.42. The van der Waals surface area contributed by atoms with Crippen molar-refractivity contribution in [2.45, 2.75) is 37.1 Å². The van der Waals surface area contributed by atoms with Gasteiger partial charge < -0.3 is 11.1 Å². The summed E-state index contributed by atoms with van der Waals surface area (Å²) < 4.78 is 0. The molecule has 1 unspecified atom stereocenters. The van der Waals surface area contributed by atoms with Crippen molar-refractivity contribution in [3.63, 3.8) is 0 Å². The largest absolute Gasteiger partial charge is 0.397 e. The molecule has 3 aliphatic rings. The molecular formula is C14H16Cl2N2OS. The maximum atomic E-state index is 12.4. The lowest BCUT2D eigenvalue weighted by Gasteiger charge is -2.22. The van der Waals surface area contributed by atoms with Gasteiger partial charge in [-0.3, -0.25) is 4.79 Å². The van der Waals surface area contributed by atoms with Crippen LogP contribution in [0.4, 0.5) is 0 Å². The third kappa shape index (κ3) is 2.74. The molecule has 20 heavy (non-hydrogen) atoms. The molecule has 0 aromatic heterocycles. The monoisotopic (exact) mass is 330 g/mol. The van der Waals surface area contributed by atoms with E-state index in [9.17, 15) is 4.79 Å². The number of allylic oxidation sites excluding steroid dienone is 2. The zero-order valence-corrected chi connectivity index (χ0v) is 13.2. The predicted octanol–water partition coefficient (Wildman–Crippen LogP) is 2.62. The van der Waals surface area contributed by atoms with Crippen molar-refractivity contribution in [1.29, 1.82) is 0 Å². The van der Waals surface area contributed by atoms with Crippen LogP contribution in [-0.2, 0) is 4.79 Å². The summed E-state index contributed by atoms with van der Waals surface area (Å²) in [5.74, 6) is 1.07. The summed E-state index contributed by atoms with van der Waals surface area (Å²) in [6, 6.07) is 0.276. The average Bonchev–Trinajstić information content (AvgIpc) is 3.28. The van der Waals surface area contributed by atoms with Gasteiger partial charge in [0.15, 0.2) is 0 Å². The first-order chi connectivity index (χ1) is 9.49. The maximum absolute atomic E-state index is 12.4. The fourth-order valence-corrected chi connectivity index (χ4v) is 3.33. The first-order valence-electron chi connectivity index (χ1n) is 6.85. The molecule has 108 valence electrons. The van der Waals surface area contributed by atoms with Gasteiger partial charge in [0.2, 0.25) is 0 Å². The fraction of sp³-hybridized carbons (Fsp3) is 0.571. The summed E-state index contributed by atoms with van der Waals surface area (Å²) >= 11 is 17.2. The third-order valence-electron chi connectivity index (χ3n) is 4.11. The molecule has 0 heterocycles. The molecule has 0 aromatic rings. The number of carbonyl (C=O) groups excluding carboxylic acids is 1. The highest BCUT2D eigenvalue weighted by Crippen LogP contribution is 2.44. The van der Waals surface area contributed by atoms with Crippen LogP contribution in [0.25, 0.3) is 0 Å². The van der Waals surface area contributed by atoms with E-state index in [2.05, 4.69) is 5.32 Å². The Hall–Kier alpha value is -0.580. The predicted molar refractivity (Wildman–Crippen MR) is 84.8 cm³/mol. The summed E-state index contributed by atoms with van der Waals surface area (Å²) in [6.07, 6.45) is 6.41. The first-order valence-corrected chi connectivity index (χ1v) is 8.08. The molecule has 2 saturated carbocycles. The van der Waals surface area contributed by atoms with E-state index in [0.29, 0.717) is 22.3 Å². The van der Waals surface area contributed by atoms with Gasteiger partial charge >= 0.3 is 0 Å². The van der Waals surface area contributed by atoms with E-state index >= 15 is 0 Å². The van der Waals surface area contributed by atoms with Crippen molar-refractivity contribution in [1.82, 2.24) is 5.32 Å². The molecular weight excluding hydrogens is 315 g/mol. The third-order valence-corrected chi connectivity index (χ3v) is 5.56. The van der Waals surface area contributed by atoms with E-state index in [1.807, 2.05) is 0 Å². The molecule has 3 rings (SSSR count). The Morgan fingerprint density at radius 1 is 1.35 bits per heavy atom. The number of nitrogens with one attached hydrogen (secondary N) is 1. The highest BCUT2D eigenvalue weighted by molar-refractivity contribution is 7.81. The second kappa shape index (κ2) is 5.32. The van der Waals surface area contributed by atoms with Crippen LogP contribution in [0.2, 0.25) is 0 Å². The molecule has 0 aliphatic heterocycles. The van der Waals surface area contributed by atoms with Crippen LogP contribution in [0.1, 0.15) is 25.7 Å². The van der Waals surface area contributed by atoms with Gasteiger partial charge in [-0.05, 0) is 43.6 Å². The Bertz CT molecular complexity index is 523. The summed E-state index contributed by atoms with van der Waals surface area (Å²) in [6.45, 7) is 0. The number of hydrogen-bond acceptors (Lipinski definition) is 3. The van der Waals surface area contributed by atoms with Crippen LogP contribution < -0.4 is 11.1 Å². The molecule has 3 aliphatic carbocycles. The molecule has 6 heteroatoms. The number of carbonyl (C=O) groups is 1. The van der Waals surface area contributed by atoms with Crippen LogP contribution in [-0.4, -0.2) is 22.2 Å². The topological polar surface area (TPSA) is 55.1 Å². The number of rotatable bonds is 4. The number of amides is 1. The quantitative estimate of drug-likeness (QED) is 0.615. The Morgan fingerprint density at radius 3 is 2.40 bits per heavy atom. The Kier molecular flexibility index (Phi) is 3.82. The second-order valence-electron chi connectivity index (χ2n) is 5.75. The molecule has 1 amide bonds. The number of halogens is 2. The van der Waals surface area contributed by atoms with Gasteiger partial charge in [0, 0.05) is 6.04 Å². The SMILES string of the molecule is NC1=C(Cl)C(=S)C(Cl)C=C1C(=O)NC(C1CC1)C1CC1. The number of nitrogens with two attached hydrogens (primary N) is 1. The van der Waals surface area contributed by atoms with E-state index in [4.69, 9.17) is 41.2 Å². The lowest BCUT2D eigenvalue weighted by atomic mass is 10.0. The van der Waals surface area contributed by atoms with Crippen LogP contribution in [0.5, 0.6) is 0 Å². The summed E-state index contributed by atoms with van der Waals surface area (Å²) in [4.78, 5) is 12.8. The average molecular weight is 331 g/mol. The van der Waals surface area contributed by atoms with E-state index in [1.54, 1.807) is 6.08 Å². The zero-order chi connectivity index (χ0) is 14.4. The van der Waals surface area contributed by atoms with E-state index in [0.717, 1.165) is 0 Å². The van der Waals surface area contributed by atoms with Gasteiger partial charge in [0.25, 0.3) is 5.91 Å². The summed E-state index contributed by atoms with van der Waals surface area (Å²) in [5, 5.41) is 2.79. The molecule has 0 radical (unpaired) electrons. The zero-order valence-electron chi connectivity index (χ0n) is 10.9. The van der Waals surface area contributed by atoms with Crippen molar-refractivity contribution in [3.05, 3.63) is 22.4 Å². The lowest BCUT2D eigenvalue weighted by Crippen LogP contribution is -2.41. The van der Waals surface area contributed by atoms with Gasteiger partial charge in [-0.2, -0.15) is 0 Å². The summed E-state index contributed by atoms with van der Waals surface area (Å²) in [7, 11) is 0. The second-order valence-corrected chi connectivity index (χ2v) is 7.04. The highest BCUT2D eigenvalue weighted by atomic mass is 35.5. The van der Waals surface area contributed by atoms with Gasteiger partial charge in [-0.15, -0.1) is 11.6 Å². The van der Waals surface area contributed by atoms with Crippen LogP contribution in [0.3, 0.4) is 0 Å². The molecule has 2 fully saturated rings. The standard InChI is InChI=1S/C14H16Cl2N2OS/c15-9-5-8(11(17)10(16)13(9)20)14(19)18-12(6-1-2-6)7-3-4-7/h5-7,9,12H,1-4,17H2,(H,18,19).